The monoisotopic (exact) mass is 489 g/mol. The Bertz CT molecular complexity index is 1300. The van der Waals surface area contributed by atoms with Crippen LogP contribution in [0.2, 0.25) is 5.02 Å². The molecular formula is C22H20ClN3O6S. The lowest BCUT2D eigenvalue weighted by molar-refractivity contribution is -0.385. The Morgan fingerprint density at radius 3 is 2.39 bits per heavy atom. The number of nitro groups is 1. The van der Waals surface area contributed by atoms with E-state index in [2.05, 4.69) is 5.32 Å². The van der Waals surface area contributed by atoms with Crippen LogP contribution in [0.3, 0.4) is 0 Å². The smallest absolute Gasteiger partial charge is 0.273 e. The summed E-state index contributed by atoms with van der Waals surface area (Å²) in [4.78, 5) is 23.1. The summed E-state index contributed by atoms with van der Waals surface area (Å²) in [5, 5.41) is 14.2. The molecule has 0 atom stereocenters. The van der Waals surface area contributed by atoms with Crippen molar-refractivity contribution in [3.8, 4) is 5.75 Å². The number of hydrogen-bond donors (Lipinski definition) is 1. The molecule has 9 nitrogen and oxygen atoms in total. The van der Waals surface area contributed by atoms with Crippen LogP contribution in [0.4, 0.5) is 17.1 Å². The number of rotatable bonds is 8. The molecule has 33 heavy (non-hydrogen) atoms. The minimum atomic E-state index is -4.35. The average molecular weight is 490 g/mol. The summed E-state index contributed by atoms with van der Waals surface area (Å²) in [6.07, 6.45) is 0. The number of methoxy groups -OCH3 is 1. The topological polar surface area (TPSA) is 119 Å². The summed E-state index contributed by atoms with van der Waals surface area (Å²) in [5.74, 6) is -0.160. The van der Waals surface area contributed by atoms with E-state index in [-0.39, 0.29) is 16.3 Å². The van der Waals surface area contributed by atoms with Crippen molar-refractivity contribution >= 4 is 44.6 Å². The average Bonchev–Trinajstić information content (AvgIpc) is 2.79. The quantitative estimate of drug-likeness (QED) is 0.370. The van der Waals surface area contributed by atoms with E-state index >= 15 is 0 Å². The molecule has 172 valence electrons. The van der Waals surface area contributed by atoms with Gasteiger partial charge in [-0.3, -0.25) is 19.2 Å². The van der Waals surface area contributed by atoms with Crippen LogP contribution in [0.5, 0.6) is 5.75 Å². The number of aryl methyl sites for hydroxylation is 1. The van der Waals surface area contributed by atoms with Crippen LogP contribution in [0.15, 0.2) is 71.6 Å². The molecule has 3 aromatic carbocycles. The molecule has 0 aromatic heterocycles. The SMILES string of the molecule is COc1ccc(N(CC(=O)Nc2ccccc2Cl)S(=O)(=O)c2ccc(C)c([N+](=O)[O-])c2)cc1. The van der Waals surface area contributed by atoms with E-state index in [1.54, 1.807) is 36.4 Å². The van der Waals surface area contributed by atoms with Crippen molar-refractivity contribution in [2.24, 2.45) is 0 Å². The molecule has 0 fully saturated rings. The minimum absolute atomic E-state index is 0.174. The number of benzene rings is 3. The van der Waals surface area contributed by atoms with E-state index < -0.39 is 27.4 Å². The Morgan fingerprint density at radius 2 is 1.79 bits per heavy atom. The van der Waals surface area contributed by atoms with Gasteiger partial charge in [0.1, 0.15) is 12.3 Å². The summed E-state index contributed by atoms with van der Waals surface area (Å²) < 4.78 is 33.0. The van der Waals surface area contributed by atoms with Crippen LogP contribution in [-0.4, -0.2) is 32.9 Å². The number of para-hydroxylation sites is 1. The van der Waals surface area contributed by atoms with Gasteiger partial charge >= 0.3 is 0 Å². The Kier molecular flexibility index (Phi) is 7.19. The van der Waals surface area contributed by atoms with Gasteiger partial charge in [0.05, 0.1) is 33.3 Å². The first kappa shape index (κ1) is 24.0. The van der Waals surface area contributed by atoms with Crippen LogP contribution >= 0.6 is 11.6 Å². The zero-order valence-electron chi connectivity index (χ0n) is 17.7. The predicted molar refractivity (Wildman–Crippen MR) is 125 cm³/mol. The molecule has 0 aliphatic carbocycles. The largest absolute Gasteiger partial charge is 0.497 e. The third-order valence-electron chi connectivity index (χ3n) is 4.76. The highest BCUT2D eigenvalue weighted by atomic mass is 35.5. The van der Waals surface area contributed by atoms with Gasteiger partial charge in [0, 0.05) is 11.6 Å². The molecular weight excluding hydrogens is 470 g/mol. The van der Waals surface area contributed by atoms with E-state index in [0.717, 1.165) is 10.4 Å². The molecule has 0 saturated carbocycles. The predicted octanol–water partition coefficient (Wildman–Crippen LogP) is 4.40. The van der Waals surface area contributed by atoms with Crippen LogP contribution in [-0.2, 0) is 14.8 Å². The number of sulfonamides is 1. The molecule has 0 aliphatic heterocycles. The minimum Gasteiger partial charge on any atom is -0.497 e. The summed E-state index contributed by atoms with van der Waals surface area (Å²) >= 11 is 6.08. The van der Waals surface area contributed by atoms with Crippen LogP contribution < -0.4 is 14.4 Å². The Hall–Kier alpha value is -3.63. The molecule has 3 aromatic rings. The highest BCUT2D eigenvalue weighted by Gasteiger charge is 2.29. The van der Waals surface area contributed by atoms with Crippen molar-refractivity contribution in [3.05, 3.63) is 87.4 Å². The standard InChI is InChI=1S/C22H20ClN3O6S/c1-15-7-12-18(13-21(15)26(28)29)33(30,31)25(16-8-10-17(32-2)11-9-16)14-22(27)24-20-6-4-3-5-19(20)23/h3-13H,14H2,1-2H3,(H,24,27). The van der Waals surface area contributed by atoms with Crippen LogP contribution in [0, 0.1) is 17.0 Å². The van der Waals surface area contributed by atoms with Crippen molar-refractivity contribution in [1.82, 2.24) is 0 Å². The zero-order valence-corrected chi connectivity index (χ0v) is 19.3. The lowest BCUT2D eigenvalue weighted by Crippen LogP contribution is -2.38. The number of nitro benzene ring substituents is 1. The van der Waals surface area contributed by atoms with E-state index in [0.29, 0.717) is 22.0 Å². The second-order valence-electron chi connectivity index (χ2n) is 6.94. The van der Waals surface area contributed by atoms with E-state index in [1.807, 2.05) is 0 Å². The van der Waals surface area contributed by atoms with Crippen molar-refractivity contribution < 1.29 is 22.9 Å². The van der Waals surface area contributed by atoms with E-state index in [1.165, 1.54) is 38.3 Å². The number of ether oxygens (including phenoxy) is 1. The van der Waals surface area contributed by atoms with Gasteiger partial charge in [-0.1, -0.05) is 29.8 Å². The number of anilines is 2. The number of carbonyl (C=O) groups excluding carboxylic acids is 1. The summed E-state index contributed by atoms with van der Waals surface area (Å²) in [6.45, 7) is 0.911. The molecule has 11 heteroatoms. The Labute approximate surface area is 195 Å². The second-order valence-corrected chi connectivity index (χ2v) is 9.21. The maximum absolute atomic E-state index is 13.5. The normalized spacial score (nSPS) is 11.0. The maximum Gasteiger partial charge on any atom is 0.273 e. The molecule has 1 amide bonds. The van der Waals surface area contributed by atoms with Gasteiger partial charge in [-0.2, -0.15) is 0 Å². The molecule has 1 N–H and O–H groups in total. The number of amides is 1. The number of nitrogens with one attached hydrogen (secondary N) is 1. The molecule has 0 spiro atoms. The lowest BCUT2D eigenvalue weighted by atomic mass is 10.2. The number of nitrogens with zero attached hydrogens (tertiary/aromatic N) is 2. The van der Waals surface area contributed by atoms with Gasteiger partial charge in [-0.15, -0.1) is 0 Å². The van der Waals surface area contributed by atoms with Crippen LogP contribution in [0.1, 0.15) is 5.56 Å². The fourth-order valence-corrected chi connectivity index (χ4v) is 4.64. The van der Waals surface area contributed by atoms with Crippen molar-refractivity contribution in [2.45, 2.75) is 11.8 Å². The number of halogens is 1. The molecule has 0 radical (unpaired) electrons. The van der Waals surface area contributed by atoms with Gasteiger partial charge in [0.15, 0.2) is 0 Å². The van der Waals surface area contributed by atoms with Crippen LogP contribution in [0.25, 0.3) is 0 Å². The first-order valence-electron chi connectivity index (χ1n) is 9.59. The first-order valence-corrected chi connectivity index (χ1v) is 11.4. The molecule has 0 bridgehead atoms. The third-order valence-corrected chi connectivity index (χ3v) is 6.86. The summed E-state index contributed by atoms with van der Waals surface area (Å²) in [6, 6.07) is 16.2. The molecule has 0 aliphatic rings. The maximum atomic E-state index is 13.5. The zero-order chi connectivity index (χ0) is 24.2. The summed E-state index contributed by atoms with van der Waals surface area (Å²) in [5.41, 5.74) is 0.466. The first-order chi connectivity index (χ1) is 15.6. The van der Waals surface area contributed by atoms with E-state index in [9.17, 15) is 23.3 Å². The lowest BCUT2D eigenvalue weighted by Gasteiger charge is -2.24. The fraction of sp³-hybridized carbons (Fsp3) is 0.136. The van der Waals surface area contributed by atoms with Gasteiger partial charge in [0.25, 0.3) is 15.7 Å². The van der Waals surface area contributed by atoms with Gasteiger partial charge < -0.3 is 10.1 Å². The van der Waals surface area contributed by atoms with E-state index in [4.69, 9.17) is 16.3 Å². The Balaban J connectivity index is 2.02. The number of carbonyl (C=O) groups is 1. The molecule has 0 heterocycles. The van der Waals surface area contributed by atoms with Crippen molar-refractivity contribution in [3.63, 3.8) is 0 Å². The number of hydrogen-bond acceptors (Lipinski definition) is 6. The van der Waals surface area contributed by atoms with Gasteiger partial charge in [-0.25, -0.2) is 8.42 Å². The van der Waals surface area contributed by atoms with Gasteiger partial charge in [-0.05, 0) is 49.4 Å². The van der Waals surface area contributed by atoms with Crippen molar-refractivity contribution in [2.75, 3.05) is 23.3 Å². The highest BCUT2D eigenvalue weighted by molar-refractivity contribution is 7.92. The fourth-order valence-electron chi connectivity index (χ4n) is 3.02. The Morgan fingerprint density at radius 1 is 1.12 bits per heavy atom. The van der Waals surface area contributed by atoms with Crippen molar-refractivity contribution in [1.29, 1.82) is 0 Å². The third kappa shape index (κ3) is 5.41. The molecule has 0 saturated heterocycles. The molecule has 3 rings (SSSR count). The van der Waals surface area contributed by atoms with Gasteiger partial charge in [0.2, 0.25) is 5.91 Å². The second kappa shape index (κ2) is 9.88. The summed E-state index contributed by atoms with van der Waals surface area (Å²) in [7, 11) is -2.89. The molecule has 0 unspecified atom stereocenters. The highest BCUT2D eigenvalue weighted by Crippen LogP contribution is 2.29.